The monoisotopic (exact) mass is 298 g/mol. The lowest BCUT2D eigenvalue weighted by atomic mass is 10.1. The van der Waals surface area contributed by atoms with Gasteiger partial charge in [-0.2, -0.15) is 0 Å². The zero-order valence-electron chi connectivity index (χ0n) is 12.0. The Bertz CT molecular complexity index is 479. The molecule has 0 bridgehead atoms. The van der Waals surface area contributed by atoms with Gasteiger partial charge in [-0.3, -0.25) is 4.79 Å². The predicted octanol–water partition coefficient (Wildman–Crippen LogP) is 2.70. The number of nitrogens with one attached hydrogen (secondary N) is 2. The summed E-state index contributed by atoms with van der Waals surface area (Å²) >= 11 is 0. The van der Waals surface area contributed by atoms with E-state index in [0.29, 0.717) is 32.6 Å². The van der Waals surface area contributed by atoms with Crippen LogP contribution < -0.4 is 10.6 Å². The molecule has 0 spiro atoms. The second-order valence-electron chi connectivity index (χ2n) is 5.10. The Hall–Kier alpha value is -1.69. The minimum atomic E-state index is -0.749. The van der Waals surface area contributed by atoms with Crippen LogP contribution in [0.5, 0.6) is 0 Å². The van der Waals surface area contributed by atoms with E-state index in [9.17, 15) is 13.6 Å². The number of benzene rings is 1. The van der Waals surface area contributed by atoms with Gasteiger partial charge in [0.1, 0.15) is 17.3 Å². The highest BCUT2D eigenvalue weighted by Gasteiger charge is 2.19. The summed E-state index contributed by atoms with van der Waals surface area (Å²) in [6, 6.07) is 2.13. The number of ether oxygens (including phenoxy) is 1. The third kappa shape index (κ3) is 4.14. The summed E-state index contributed by atoms with van der Waals surface area (Å²) in [5, 5.41) is 5.46. The van der Waals surface area contributed by atoms with Gasteiger partial charge in [0, 0.05) is 31.4 Å². The third-order valence-corrected chi connectivity index (χ3v) is 3.41. The van der Waals surface area contributed by atoms with Crippen molar-refractivity contribution in [2.75, 3.05) is 25.1 Å². The molecule has 6 heteroatoms. The van der Waals surface area contributed by atoms with Gasteiger partial charge in [0.2, 0.25) is 0 Å². The molecular formula is C15H20F2N2O2. The average Bonchev–Trinajstić information content (AvgIpc) is 2.47. The fourth-order valence-corrected chi connectivity index (χ4v) is 2.23. The molecule has 0 saturated carbocycles. The number of carbonyl (C=O) groups excluding carboxylic acids is 1. The lowest BCUT2D eigenvalue weighted by molar-refractivity contribution is 0.0696. The fourth-order valence-electron chi connectivity index (χ4n) is 2.23. The standard InChI is InChI=1S/C15H20F2N2O2/c1-2-5-18-14-12(16)8-10(9-13(14)17)15(20)19-11-3-6-21-7-4-11/h8-9,11,18H,2-7H2,1H3,(H,19,20). The quantitative estimate of drug-likeness (QED) is 0.879. The molecule has 1 amide bonds. The van der Waals surface area contributed by atoms with E-state index in [-0.39, 0.29) is 17.3 Å². The molecule has 0 aromatic heterocycles. The van der Waals surface area contributed by atoms with Gasteiger partial charge < -0.3 is 15.4 Å². The van der Waals surface area contributed by atoms with Crippen LogP contribution >= 0.6 is 0 Å². The van der Waals surface area contributed by atoms with Gasteiger partial charge >= 0.3 is 0 Å². The summed E-state index contributed by atoms with van der Waals surface area (Å²) in [6.45, 7) is 3.56. The number of anilines is 1. The maximum atomic E-state index is 13.9. The van der Waals surface area contributed by atoms with Gasteiger partial charge in [0.25, 0.3) is 5.91 Å². The van der Waals surface area contributed by atoms with Crippen LogP contribution in [0.15, 0.2) is 12.1 Å². The van der Waals surface area contributed by atoms with Crippen molar-refractivity contribution in [2.24, 2.45) is 0 Å². The first-order valence-corrected chi connectivity index (χ1v) is 7.23. The number of amides is 1. The molecular weight excluding hydrogens is 278 g/mol. The normalized spacial score (nSPS) is 15.8. The van der Waals surface area contributed by atoms with Crippen LogP contribution in [0.2, 0.25) is 0 Å². The topological polar surface area (TPSA) is 50.4 Å². The summed E-state index contributed by atoms with van der Waals surface area (Å²) in [6.07, 6.45) is 2.19. The average molecular weight is 298 g/mol. The van der Waals surface area contributed by atoms with Crippen LogP contribution in [0.25, 0.3) is 0 Å². The highest BCUT2D eigenvalue weighted by atomic mass is 19.1. The molecule has 0 unspecified atom stereocenters. The van der Waals surface area contributed by atoms with Gasteiger partial charge in [-0.25, -0.2) is 8.78 Å². The first kappa shape index (κ1) is 15.7. The highest BCUT2D eigenvalue weighted by molar-refractivity contribution is 5.94. The van der Waals surface area contributed by atoms with E-state index in [4.69, 9.17) is 4.74 Å². The summed E-state index contributed by atoms with van der Waals surface area (Å²) in [5.74, 6) is -1.96. The van der Waals surface area contributed by atoms with Crippen LogP contribution in [0, 0.1) is 11.6 Å². The Morgan fingerprint density at radius 2 is 1.90 bits per heavy atom. The van der Waals surface area contributed by atoms with Crippen molar-refractivity contribution in [1.29, 1.82) is 0 Å². The van der Waals surface area contributed by atoms with E-state index >= 15 is 0 Å². The van der Waals surface area contributed by atoms with Gasteiger partial charge in [0.05, 0.1) is 0 Å². The largest absolute Gasteiger partial charge is 0.381 e. The van der Waals surface area contributed by atoms with Crippen LogP contribution in [-0.2, 0) is 4.74 Å². The molecule has 0 radical (unpaired) electrons. The first-order chi connectivity index (χ1) is 10.1. The zero-order chi connectivity index (χ0) is 15.2. The van der Waals surface area contributed by atoms with Crippen LogP contribution in [-0.4, -0.2) is 31.7 Å². The summed E-state index contributed by atoms with van der Waals surface area (Å²) in [5.41, 5.74) is -0.182. The van der Waals surface area contributed by atoms with Crippen molar-refractivity contribution < 1.29 is 18.3 Å². The lowest BCUT2D eigenvalue weighted by Crippen LogP contribution is -2.39. The smallest absolute Gasteiger partial charge is 0.251 e. The molecule has 0 aliphatic carbocycles. The Balaban J connectivity index is 2.07. The molecule has 1 aromatic carbocycles. The van der Waals surface area contributed by atoms with Crippen molar-refractivity contribution in [1.82, 2.24) is 5.32 Å². The molecule has 21 heavy (non-hydrogen) atoms. The number of halogens is 2. The number of carbonyl (C=O) groups is 1. The fraction of sp³-hybridized carbons (Fsp3) is 0.533. The van der Waals surface area contributed by atoms with Gasteiger partial charge in [-0.1, -0.05) is 6.92 Å². The van der Waals surface area contributed by atoms with Crippen LogP contribution in [0.3, 0.4) is 0 Å². The highest BCUT2D eigenvalue weighted by Crippen LogP contribution is 2.21. The Labute approximate surface area is 122 Å². The van der Waals surface area contributed by atoms with E-state index in [1.54, 1.807) is 0 Å². The molecule has 1 saturated heterocycles. The molecule has 116 valence electrons. The Morgan fingerprint density at radius 1 is 1.29 bits per heavy atom. The second kappa shape index (κ2) is 7.36. The summed E-state index contributed by atoms with van der Waals surface area (Å²) < 4.78 is 32.9. The number of hydrogen-bond acceptors (Lipinski definition) is 3. The molecule has 4 nitrogen and oxygen atoms in total. The van der Waals surface area contributed by atoms with Crippen molar-refractivity contribution >= 4 is 11.6 Å². The van der Waals surface area contributed by atoms with E-state index in [1.165, 1.54) is 0 Å². The van der Waals surface area contributed by atoms with Crippen molar-refractivity contribution in [3.05, 3.63) is 29.3 Å². The lowest BCUT2D eigenvalue weighted by Gasteiger charge is -2.23. The molecule has 1 heterocycles. The van der Waals surface area contributed by atoms with E-state index in [0.717, 1.165) is 18.6 Å². The zero-order valence-corrected chi connectivity index (χ0v) is 12.0. The molecule has 1 aliphatic heterocycles. The minimum absolute atomic E-state index is 0.00135. The number of hydrogen-bond donors (Lipinski definition) is 2. The first-order valence-electron chi connectivity index (χ1n) is 7.23. The van der Waals surface area contributed by atoms with Gasteiger partial charge in [0.15, 0.2) is 0 Å². The van der Waals surface area contributed by atoms with E-state index < -0.39 is 17.5 Å². The Kier molecular flexibility index (Phi) is 5.50. The van der Waals surface area contributed by atoms with Crippen LogP contribution in [0.4, 0.5) is 14.5 Å². The predicted molar refractivity (Wildman–Crippen MR) is 76.4 cm³/mol. The maximum absolute atomic E-state index is 13.9. The molecule has 2 N–H and O–H groups in total. The summed E-state index contributed by atoms with van der Waals surface area (Å²) in [7, 11) is 0. The maximum Gasteiger partial charge on any atom is 0.251 e. The van der Waals surface area contributed by atoms with Crippen molar-refractivity contribution in [2.45, 2.75) is 32.2 Å². The number of rotatable bonds is 5. The van der Waals surface area contributed by atoms with Crippen LogP contribution in [0.1, 0.15) is 36.5 Å². The SMILES string of the molecule is CCCNc1c(F)cc(C(=O)NC2CCOCC2)cc1F. The van der Waals surface area contributed by atoms with Gasteiger partial charge in [-0.05, 0) is 31.4 Å². The van der Waals surface area contributed by atoms with E-state index in [1.807, 2.05) is 6.92 Å². The van der Waals surface area contributed by atoms with E-state index in [2.05, 4.69) is 10.6 Å². The van der Waals surface area contributed by atoms with Crippen molar-refractivity contribution in [3.63, 3.8) is 0 Å². The minimum Gasteiger partial charge on any atom is -0.381 e. The molecule has 1 fully saturated rings. The molecule has 1 aliphatic rings. The van der Waals surface area contributed by atoms with Crippen molar-refractivity contribution in [3.8, 4) is 0 Å². The molecule has 0 atom stereocenters. The van der Waals surface area contributed by atoms with Gasteiger partial charge in [-0.15, -0.1) is 0 Å². The molecule has 2 rings (SSSR count). The second-order valence-corrected chi connectivity index (χ2v) is 5.10. The summed E-state index contributed by atoms with van der Waals surface area (Å²) in [4.78, 5) is 12.0. The third-order valence-electron chi connectivity index (χ3n) is 3.41. The molecule has 1 aromatic rings. The Morgan fingerprint density at radius 3 is 2.48 bits per heavy atom.